The maximum atomic E-state index is 13.0. The van der Waals surface area contributed by atoms with Crippen LogP contribution in [-0.2, 0) is 0 Å². The standard InChI is InChI=1S/C17H19FN4O2/c1-21(2)17(24)15-9-14(19-20-15)12-7-8-22(10-12)16(23)11-3-5-13(18)6-4-11/h3-6,9,12H,7-8,10H2,1-2H3,(H,19,20)/t12-/m0/s1. The van der Waals surface area contributed by atoms with Crippen LogP contribution in [0.5, 0.6) is 0 Å². The predicted octanol–water partition coefficient (Wildman–Crippen LogP) is 1.88. The Balaban J connectivity index is 1.68. The van der Waals surface area contributed by atoms with Crippen molar-refractivity contribution < 1.29 is 14.0 Å². The van der Waals surface area contributed by atoms with E-state index in [9.17, 15) is 14.0 Å². The quantitative estimate of drug-likeness (QED) is 0.934. The summed E-state index contributed by atoms with van der Waals surface area (Å²) in [6.45, 7) is 1.17. The summed E-state index contributed by atoms with van der Waals surface area (Å²) in [5.41, 5.74) is 1.71. The smallest absolute Gasteiger partial charge is 0.273 e. The fourth-order valence-electron chi connectivity index (χ4n) is 2.86. The average Bonchev–Trinajstić information content (AvgIpc) is 3.23. The molecule has 1 saturated heterocycles. The molecule has 6 nitrogen and oxygen atoms in total. The first kappa shape index (κ1) is 16.2. The second-order valence-corrected chi connectivity index (χ2v) is 6.15. The second-order valence-electron chi connectivity index (χ2n) is 6.15. The predicted molar refractivity (Wildman–Crippen MR) is 86.3 cm³/mol. The van der Waals surface area contributed by atoms with Gasteiger partial charge in [0.05, 0.1) is 0 Å². The van der Waals surface area contributed by atoms with Gasteiger partial charge in [0, 0.05) is 44.4 Å². The van der Waals surface area contributed by atoms with Gasteiger partial charge in [0.25, 0.3) is 11.8 Å². The minimum absolute atomic E-state index is 0.110. The minimum Gasteiger partial charge on any atom is -0.343 e. The van der Waals surface area contributed by atoms with Crippen LogP contribution in [0, 0.1) is 5.82 Å². The van der Waals surface area contributed by atoms with Crippen LogP contribution in [-0.4, -0.2) is 59.0 Å². The fourth-order valence-corrected chi connectivity index (χ4v) is 2.86. The number of hydrogen-bond donors (Lipinski definition) is 1. The lowest BCUT2D eigenvalue weighted by Gasteiger charge is -2.16. The normalized spacial score (nSPS) is 17.1. The van der Waals surface area contributed by atoms with Crippen LogP contribution >= 0.6 is 0 Å². The molecule has 3 rings (SSSR count). The largest absolute Gasteiger partial charge is 0.343 e. The molecule has 2 amide bonds. The first-order valence-corrected chi connectivity index (χ1v) is 7.77. The summed E-state index contributed by atoms with van der Waals surface area (Å²) in [7, 11) is 3.35. The number of rotatable bonds is 3. The molecule has 7 heteroatoms. The van der Waals surface area contributed by atoms with Crippen LogP contribution < -0.4 is 0 Å². The summed E-state index contributed by atoms with van der Waals surface area (Å²) < 4.78 is 13.0. The number of likely N-dealkylation sites (tertiary alicyclic amines) is 1. The second kappa shape index (κ2) is 6.43. The van der Waals surface area contributed by atoms with Gasteiger partial charge in [-0.15, -0.1) is 0 Å². The van der Waals surface area contributed by atoms with Gasteiger partial charge in [0.15, 0.2) is 0 Å². The third kappa shape index (κ3) is 3.15. The summed E-state index contributed by atoms with van der Waals surface area (Å²) in [5.74, 6) is -0.511. The van der Waals surface area contributed by atoms with Crippen molar-refractivity contribution in [1.29, 1.82) is 0 Å². The first-order valence-electron chi connectivity index (χ1n) is 7.77. The van der Waals surface area contributed by atoms with Crippen molar-refractivity contribution in [2.24, 2.45) is 0 Å². The number of hydrogen-bond acceptors (Lipinski definition) is 3. The highest BCUT2D eigenvalue weighted by molar-refractivity contribution is 5.94. The van der Waals surface area contributed by atoms with E-state index in [-0.39, 0.29) is 23.5 Å². The summed E-state index contributed by atoms with van der Waals surface area (Å²) in [6.07, 6.45) is 0.796. The number of nitrogens with one attached hydrogen (secondary N) is 1. The first-order chi connectivity index (χ1) is 11.5. The Morgan fingerprint density at radius 3 is 2.67 bits per heavy atom. The van der Waals surface area contributed by atoms with E-state index < -0.39 is 0 Å². The molecule has 126 valence electrons. The van der Waals surface area contributed by atoms with E-state index in [0.717, 1.165) is 12.1 Å². The highest BCUT2D eigenvalue weighted by atomic mass is 19.1. The number of carbonyl (C=O) groups excluding carboxylic acids is 2. The molecule has 0 bridgehead atoms. The molecule has 2 heterocycles. The summed E-state index contributed by atoms with van der Waals surface area (Å²) >= 11 is 0. The van der Waals surface area contributed by atoms with Gasteiger partial charge in [-0.2, -0.15) is 5.10 Å². The Hall–Kier alpha value is -2.70. The van der Waals surface area contributed by atoms with Crippen LogP contribution in [0.4, 0.5) is 4.39 Å². The molecule has 1 N–H and O–H groups in total. The van der Waals surface area contributed by atoms with Gasteiger partial charge in [0.2, 0.25) is 0 Å². The van der Waals surface area contributed by atoms with Gasteiger partial charge >= 0.3 is 0 Å². The Morgan fingerprint density at radius 1 is 1.29 bits per heavy atom. The fraction of sp³-hybridized carbons (Fsp3) is 0.353. The molecule has 1 atom stereocenters. The maximum absolute atomic E-state index is 13.0. The lowest BCUT2D eigenvalue weighted by atomic mass is 10.0. The van der Waals surface area contributed by atoms with Gasteiger partial charge in [-0.1, -0.05) is 0 Å². The molecule has 0 spiro atoms. The molecule has 0 unspecified atom stereocenters. The summed E-state index contributed by atoms with van der Waals surface area (Å²) in [6, 6.07) is 7.31. The van der Waals surface area contributed by atoms with E-state index in [1.165, 1.54) is 29.2 Å². The van der Waals surface area contributed by atoms with Crippen LogP contribution in [0.15, 0.2) is 30.3 Å². The van der Waals surface area contributed by atoms with Gasteiger partial charge in [-0.05, 0) is 36.8 Å². The zero-order valence-corrected chi connectivity index (χ0v) is 13.6. The van der Waals surface area contributed by atoms with Crippen molar-refractivity contribution in [2.45, 2.75) is 12.3 Å². The number of benzene rings is 1. The lowest BCUT2D eigenvalue weighted by molar-refractivity contribution is 0.0789. The van der Waals surface area contributed by atoms with Crippen molar-refractivity contribution in [3.8, 4) is 0 Å². The number of amides is 2. The number of carbonyl (C=O) groups is 2. The van der Waals surface area contributed by atoms with Gasteiger partial charge in [-0.3, -0.25) is 14.7 Å². The monoisotopic (exact) mass is 330 g/mol. The minimum atomic E-state index is -0.360. The van der Waals surface area contributed by atoms with Crippen molar-refractivity contribution in [3.05, 3.63) is 53.1 Å². The van der Waals surface area contributed by atoms with Crippen molar-refractivity contribution in [3.63, 3.8) is 0 Å². The van der Waals surface area contributed by atoms with Crippen LogP contribution in [0.25, 0.3) is 0 Å². The van der Waals surface area contributed by atoms with E-state index in [0.29, 0.717) is 24.3 Å². The average molecular weight is 330 g/mol. The van der Waals surface area contributed by atoms with Gasteiger partial charge in [-0.25, -0.2) is 4.39 Å². The van der Waals surface area contributed by atoms with Crippen molar-refractivity contribution >= 4 is 11.8 Å². The van der Waals surface area contributed by atoms with E-state index in [1.807, 2.05) is 0 Å². The molecule has 1 fully saturated rings. The topological polar surface area (TPSA) is 69.3 Å². The van der Waals surface area contributed by atoms with E-state index >= 15 is 0 Å². The molecular weight excluding hydrogens is 311 g/mol. The van der Waals surface area contributed by atoms with Crippen LogP contribution in [0.2, 0.25) is 0 Å². The molecule has 0 radical (unpaired) electrons. The van der Waals surface area contributed by atoms with E-state index in [4.69, 9.17) is 0 Å². The number of aromatic nitrogens is 2. The highest BCUT2D eigenvalue weighted by Crippen LogP contribution is 2.27. The molecule has 1 aliphatic rings. The molecule has 24 heavy (non-hydrogen) atoms. The lowest BCUT2D eigenvalue weighted by Crippen LogP contribution is -2.28. The maximum Gasteiger partial charge on any atom is 0.273 e. The van der Waals surface area contributed by atoms with Crippen molar-refractivity contribution in [1.82, 2.24) is 20.0 Å². The Bertz CT molecular complexity index is 754. The van der Waals surface area contributed by atoms with E-state index in [2.05, 4.69) is 10.2 Å². The van der Waals surface area contributed by atoms with E-state index in [1.54, 1.807) is 25.1 Å². The third-order valence-corrected chi connectivity index (χ3v) is 4.23. The molecule has 1 aromatic carbocycles. The Kier molecular flexibility index (Phi) is 4.33. The number of H-pyrrole nitrogens is 1. The van der Waals surface area contributed by atoms with Gasteiger partial charge < -0.3 is 9.80 Å². The zero-order chi connectivity index (χ0) is 17.3. The molecule has 2 aromatic rings. The van der Waals surface area contributed by atoms with Gasteiger partial charge in [0.1, 0.15) is 11.5 Å². The SMILES string of the molecule is CN(C)C(=O)c1cc([C@H]2CCN(C(=O)c3ccc(F)cc3)C2)[nH]n1. The number of nitrogens with zero attached hydrogens (tertiary/aromatic N) is 3. The molecule has 0 saturated carbocycles. The van der Waals surface area contributed by atoms with Crippen molar-refractivity contribution in [2.75, 3.05) is 27.2 Å². The molecular formula is C17H19FN4O2. The Morgan fingerprint density at radius 2 is 2.00 bits per heavy atom. The summed E-state index contributed by atoms with van der Waals surface area (Å²) in [4.78, 5) is 27.6. The summed E-state index contributed by atoms with van der Waals surface area (Å²) in [5, 5.41) is 6.96. The molecule has 1 aliphatic heterocycles. The third-order valence-electron chi connectivity index (χ3n) is 4.23. The highest BCUT2D eigenvalue weighted by Gasteiger charge is 2.29. The number of aromatic amines is 1. The zero-order valence-electron chi connectivity index (χ0n) is 13.6. The molecule has 0 aliphatic carbocycles. The van der Waals surface area contributed by atoms with Crippen LogP contribution in [0.1, 0.15) is 38.9 Å². The van der Waals surface area contributed by atoms with Crippen LogP contribution in [0.3, 0.4) is 0 Å². The Labute approximate surface area is 139 Å². The molecule has 1 aromatic heterocycles. The number of halogens is 1.